The molecule has 25 heavy (non-hydrogen) atoms. The van der Waals surface area contributed by atoms with Gasteiger partial charge in [0, 0.05) is 19.2 Å². The largest absolute Gasteiger partial charge is 0.491 e. The number of rotatable bonds is 7. The van der Waals surface area contributed by atoms with Gasteiger partial charge < -0.3 is 24.3 Å². The summed E-state index contributed by atoms with van der Waals surface area (Å²) in [6, 6.07) is 10.7. The fourth-order valence-corrected chi connectivity index (χ4v) is 2.64. The zero-order chi connectivity index (χ0) is 17.6. The SMILES string of the molecule is COCCOc1cccc(CNC(=O)c2cc(Cl)c3c(c2)OCO3)c1. The van der Waals surface area contributed by atoms with E-state index in [4.69, 9.17) is 30.5 Å². The van der Waals surface area contributed by atoms with Gasteiger partial charge in [-0.05, 0) is 29.8 Å². The molecule has 1 aliphatic heterocycles. The van der Waals surface area contributed by atoms with E-state index in [-0.39, 0.29) is 12.7 Å². The first-order valence-electron chi connectivity index (χ1n) is 7.75. The third-order valence-electron chi connectivity index (χ3n) is 3.60. The number of methoxy groups -OCH3 is 1. The number of fused-ring (bicyclic) bond motifs is 1. The van der Waals surface area contributed by atoms with Crippen LogP contribution in [-0.2, 0) is 11.3 Å². The molecule has 132 valence electrons. The van der Waals surface area contributed by atoms with E-state index in [1.54, 1.807) is 19.2 Å². The van der Waals surface area contributed by atoms with Crippen molar-refractivity contribution in [3.63, 3.8) is 0 Å². The Balaban J connectivity index is 1.61. The van der Waals surface area contributed by atoms with Gasteiger partial charge in [0.05, 0.1) is 11.6 Å². The number of amides is 1. The number of nitrogens with one attached hydrogen (secondary N) is 1. The van der Waals surface area contributed by atoms with Gasteiger partial charge >= 0.3 is 0 Å². The summed E-state index contributed by atoms with van der Waals surface area (Å²) in [4.78, 5) is 12.4. The zero-order valence-corrected chi connectivity index (χ0v) is 14.5. The Bertz CT molecular complexity index is 765. The lowest BCUT2D eigenvalue weighted by Crippen LogP contribution is -2.22. The molecule has 3 rings (SSSR count). The van der Waals surface area contributed by atoms with Crippen LogP contribution in [0.4, 0.5) is 0 Å². The Kier molecular flexibility index (Phi) is 5.63. The molecule has 1 heterocycles. The van der Waals surface area contributed by atoms with Crippen molar-refractivity contribution in [3.8, 4) is 17.2 Å². The number of halogens is 1. The third-order valence-corrected chi connectivity index (χ3v) is 3.88. The fourth-order valence-electron chi connectivity index (χ4n) is 2.37. The van der Waals surface area contributed by atoms with Crippen molar-refractivity contribution in [2.24, 2.45) is 0 Å². The molecule has 7 heteroatoms. The fraction of sp³-hybridized carbons (Fsp3) is 0.278. The van der Waals surface area contributed by atoms with Crippen LogP contribution in [0.25, 0.3) is 0 Å². The van der Waals surface area contributed by atoms with Crippen LogP contribution in [0.3, 0.4) is 0 Å². The van der Waals surface area contributed by atoms with E-state index < -0.39 is 0 Å². The molecule has 0 saturated carbocycles. The van der Waals surface area contributed by atoms with Gasteiger partial charge in [-0.3, -0.25) is 4.79 Å². The molecule has 1 N–H and O–H groups in total. The molecule has 0 aliphatic carbocycles. The molecule has 0 radical (unpaired) electrons. The summed E-state index contributed by atoms with van der Waals surface area (Å²) in [6.07, 6.45) is 0. The third kappa shape index (κ3) is 4.35. The van der Waals surface area contributed by atoms with Gasteiger partial charge in [0.2, 0.25) is 6.79 Å². The van der Waals surface area contributed by atoms with Gasteiger partial charge in [-0.15, -0.1) is 0 Å². The zero-order valence-electron chi connectivity index (χ0n) is 13.7. The number of hydrogen-bond acceptors (Lipinski definition) is 5. The average molecular weight is 364 g/mol. The second kappa shape index (κ2) is 8.09. The van der Waals surface area contributed by atoms with Gasteiger partial charge in [-0.2, -0.15) is 0 Å². The second-order valence-electron chi connectivity index (χ2n) is 5.36. The van der Waals surface area contributed by atoms with E-state index >= 15 is 0 Å². The van der Waals surface area contributed by atoms with Crippen LogP contribution in [0.2, 0.25) is 5.02 Å². The topological polar surface area (TPSA) is 66.0 Å². The Labute approximate surface area is 150 Å². The maximum absolute atomic E-state index is 12.4. The van der Waals surface area contributed by atoms with Crippen molar-refractivity contribution >= 4 is 17.5 Å². The number of ether oxygens (including phenoxy) is 4. The van der Waals surface area contributed by atoms with Gasteiger partial charge in [0.25, 0.3) is 5.91 Å². The van der Waals surface area contributed by atoms with Crippen LogP contribution in [0, 0.1) is 0 Å². The minimum atomic E-state index is -0.245. The van der Waals surface area contributed by atoms with Crippen molar-refractivity contribution < 1.29 is 23.7 Å². The summed E-state index contributed by atoms with van der Waals surface area (Å²) < 4.78 is 21.0. The molecular formula is C18H18ClNO5. The van der Waals surface area contributed by atoms with Crippen molar-refractivity contribution in [3.05, 3.63) is 52.5 Å². The average Bonchev–Trinajstić information content (AvgIpc) is 3.09. The maximum atomic E-state index is 12.4. The van der Waals surface area contributed by atoms with Crippen LogP contribution in [0.5, 0.6) is 17.2 Å². The van der Waals surface area contributed by atoms with E-state index in [0.29, 0.717) is 41.8 Å². The molecule has 0 spiro atoms. The molecule has 2 aromatic carbocycles. The summed E-state index contributed by atoms with van der Waals surface area (Å²) in [5, 5.41) is 3.21. The predicted octanol–water partition coefficient (Wildman–Crippen LogP) is 3.02. The Morgan fingerprint density at radius 1 is 1.24 bits per heavy atom. The highest BCUT2D eigenvalue weighted by atomic mass is 35.5. The minimum Gasteiger partial charge on any atom is -0.491 e. The van der Waals surface area contributed by atoms with E-state index in [1.807, 2.05) is 24.3 Å². The lowest BCUT2D eigenvalue weighted by atomic mass is 10.1. The minimum absolute atomic E-state index is 0.107. The summed E-state index contributed by atoms with van der Waals surface area (Å²) in [7, 11) is 1.62. The monoisotopic (exact) mass is 363 g/mol. The lowest BCUT2D eigenvalue weighted by molar-refractivity contribution is 0.0950. The quantitative estimate of drug-likeness (QED) is 0.766. The molecule has 6 nitrogen and oxygen atoms in total. The summed E-state index contributed by atoms with van der Waals surface area (Å²) in [5.74, 6) is 1.44. The summed E-state index contributed by atoms with van der Waals surface area (Å²) in [5.41, 5.74) is 1.34. The molecule has 0 atom stereocenters. The first-order valence-corrected chi connectivity index (χ1v) is 8.13. The standard InChI is InChI=1S/C18H18ClNO5/c1-22-5-6-23-14-4-2-3-12(7-14)10-20-18(21)13-8-15(19)17-16(9-13)24-11-25-17/h2-4,7-9H,5-6,10-11H2,1H3,(H,20,21). The molecule has 1 aliphatic rings. The van der Waals surface area contributed by atoms with Gasteiger partial charge in [0.15, 0.2) is 11.5 Å². The smallest absolute Gasteiger partial charge is 0.251 e. The number of carbonyl (C=O) groups is 1. The normalized spacial score (nSPS) is 12.1. The summed E-state index contributed by atoms with van der Waals surface area (Å²) >= 11 is 6.11. The van der Waals surface area contributed by atoms with E-state index in [0.717, 1.165) is 11.3 Å². The molecule has 0 saturated heterocycles. The van der Waals surface area contributed by atoms with Crippen LogP contribution < -0.4 is 19.5 Å². The second-order valence-corrected chi connectivity index (χ2v) is 5.77. The number of carbonyl (C=O) groups excluding carboxylic acids is 1. The van der Waals surface area contributed by atoms with Gasteiger partial charge in [0.1, 0.15) is 12.4 Å². The Morgan fingerprint density at radius 3 is 2.96 bits per heavy atom. The highest BCUT2D eigenvalue weighted by Crippen LogP contribution is 2.39. The molecular weight excluding hydrogens is 346 g/mol. The molecule has 1 amide bonds. The highest BCUT2D eigenvalue weighted by Gasteiger charge is 2.20. The maximum Gasteiger partial charge on any atom is 0.251 e. The Hall–Kier alpha value is -2.44. The predicted molar refractivity (Wildman–Crippen MR) is 92.6 cm³/mol. The molecule has 2 aromatic rings. The van der Waals surface area contributed by atoms with Crippen molar-refractivity contribution in [2.45, 2.75) is 6.54 Å². The number of benzene rings is 2. The Morgan fingerprint density at radius 2 is 2.12 bits per heavy atom. The molecule has 0 bridgehead atoms. The first-order chi connectivity index (χ1) is 12.2. The van der Waals surface area contributed by atoms with Crippen LogP contribution in [-0.4, -0.2) is 33.0 Å². The number of hydrogen-bond donors (Lipinski definition) is 1. The van der Waals surface area contributed by atoms with E-state index in [1.165, 1.54) is 0 Å². The van der Waals surface area contributed by atoms with Crippen molar-refractivity contribution in [1.82, 2.24) is 5.32 Å². The van der Waals surface area contributed by atoms with E-state index in [2.05, 4.69) is 5.32 Å². The van der Waals surface area contributed by atoms with Crippen molar-refractivity contribution in [2.75, 3.05) is 27.1 Å². The first kappa shape index (κ1) is 17.4. The van der Waals surface area contributed by atoms with Crippen LogP contribution in [0.1, 0.15) is 15.9 Å². The van der Waals surface area contributed by atoms with E-state index in [9.17, 15) is 4.79 Å². The highest BCUT2D eigenvalue weighted by molar-refractivity contribution is 6.32. The molecule has 0 unspecified atom stereocenters. The summed E-state index contributed by atoms with van der Waals surface area (Å²) in [6.45, 7) is 1.47. The molecule has 0 aromatic heterocycles. The van der Waals surface area contributed by atoms with Gasteiger partial charge in [-0.25, -0.2) is 0 Å². The van der Waals surface area contributed by atoms with Gasteiger partial charge in [-0.1, -0.05) is 23.7 Å². The molecule has 0 fully saturated rings. The lowest BCUT2D eigenvalue weighted by Gasteiger charge is -2.09. The van der Waals surface area contributed by atoms with Crippen LogP contribution in [0.15, 0.2) is 36.4 Å². The van der Waals surface area contributed by atoms with Crippen molar-refractivity contribution in [1.29, 1.82) is 0 Å². The van der Waals surface area contributed by atoms with Crippen LogP contribution >= 0.6 is 11.6 Å².